The minimum atomic E-state index is 0. The number of hydrogen-bond acceptors (Lipinski definition) is 4. The van der Waals surface area contributed by atoms with E-state index in [0.717, 1.165) is 62.8 Å². The van der Waals surface area contributed by atoms with E-state index < -0.39 is 0 Å². The summed E-state index contributed by atoms with van der Waals surface area (Å²) in [5.41, 5.74) is 0. The second-order valence-electron chi connectivity index (χ2n) is 6.34. The standard InChI is InChI=1S/C18H31N5OS.HI/c1-4-15(23-12-6-7-17(23)24)8-10-20-18(19-5-2)21-11-9-16-22-13-14(3)25-16;/h13,15H,4-12H2,1-3H3,(H2,19,20,21);1H. The van der Waals surface area contributed by atoms with Crippen LogP contribution < -0.4 is 10.6 Å². The Balaban J connectivity index is 0.00000338. The molecule has 0 radical (unpaired) electrons. The molecule has 1 aromatic rings. The highest BCUT2D eigenvalue weighted by Crippen LogP contribution is 2.18. The maximum Gasteiger partial charge on any atom is 0.222 e. The summed E-state index contributed by atoms with van der Waals surface area (Å²) in [7, 11) is 0. The number of nitrogens with one attached hydrogen (secondary N) is 2. The molecule has 2 rings (SSSR count). The van der Waals surface area contributed by atoms with Gasteiger partial charge in [-0.25, -0.2) is 4.98 Å². The van der Waals surface area contributed by atoms with Crippen LogP contribution in [0.25, 0.3) is 0 Å². The van der Waals surface area contributed by atoms with Crippen molar-refractivity contribution in [2.45, 2.75) is 58.9 Å². The molecular formula is C18H32IN5OS. The molecule has 1 saturated heterocycles. The number of guanidine groups is 1. The third-order valence-electron chi connectivity index (χ3n) is 4.40. The summed E-state index contributed by atoms with van der Waals surface area (Å²) in [4.78, 5) is 24.3. The first-order valence-electron chi connectivity index (χ1n) is 9.37. The Bertz CT molecular complexity index is 578. The van der Waals surface area contributed by atoms with Gasteiger partial charge in [0.05, 0.1) is 5.01 Å². The van der Waals surface area contributed by atoms with Gasteiger partial charge in [-0.2, -0.15) is 0 Å². The van der Waals surface area contributed by atoms with Crippen molar-refractivity contribution in [2.24, 2.45) is 4.99 Å². The van der Waals surface area contributed by atoms with Gasteiger partial charge in [-0.3, -0.25) is 9.79 Å². The molecule has 1 aliphatic heterocycles. The van der Waals surface area contributed by atoms with Gasteiger partial charge in [0.1, 0.15) is 0 Å². The molecule has 6 nitrogen and oxygen atoms in total. The van der Waals surface area contributed by atoms with Crippen molar-refractivity contribution in [1.29, 1.82) is 0 Å². The first kappa shape index (κ1) is 23.1. The second kappa shape index (κ2) is 12.5. The molecule has 1 unspecified atom stereocenters. The fourth-order valence-corrected chi connectivity index (χ4v) is 3.89. The molecule has 1 atom stereocenters. The van der Waals surface area contributed by atoms with Crippen LogP contribution in [-0.4, -0.2) is 54.0 Å². The van der Waals surface area contributed by atoms with E-state index in [1.807, 2.05) is 11.1 Å². The van der Waals surface area contributed by atoms with Gasteiger partial charge >= 0.3 is 0 Å². The van der Waals surface area contributed by atoms with Crippen molar-refractivity contribution >= 4 is 47.2 Å². The van der Waals surface area contributed by atoms with Gasteiger partial charge in [-0.15, -0.1) is 35.3 Å². The van der Waals surface area contributed by atoms with Gasteiger partial charge in [-0.1, -0.05) is 6.92 Å². The Morgan fingerprint density at radius 1 is 1.42 bits per heavy atom. The van der Waals surface area contributed by atoms with E-state index in [1.165, 1.54) is 4.88 Å². The van der Waals surface area contributed by atoms with E-state index in [1.54, 1.807) is 11.3 Å². The molecule has 2 N–H and O–H groups in total. The molecule has 1 amide bonds. The SMILES string of the molecule is CCNC(=NCCC(CC)N1CCCC1=O)NCCc1ncc(C)s1.I. The fourth-order valence-electron chi connectivity index (χ4n) is 3.11. The summed E-state index contributed by atoms with van der Waals surface area (Å²) < 4.78 is 0. The summed E-state index contributed by atoms with van der Waals surface area (Å²) in [6.07, 6.45) is 6.45. The number of thiazole rings is 1. The number of carbonyl (C=O) groups is 1. The number of hydrogen-bond donors (Lipinski definition) is 2. The number of aryl methyl sites for hydroxylation is 1. The molecule has 0 bridgehead atoms. The van der Waals surface area contributed by atoms with Crippen molar-refractivity contribution in [3.63, 3.8) is 0 Å². The van der Waals surface area contributed by atoms with Crippen LogP contribution in [0.5, 0.6) is 0 Å². The van der Waals surface area contributed by atoms with Crippen LogP contribution in [0.3, 0.4) is 0 Å². The molecule has 1 aliphatic rings. The molecule has 0 aromatic carbocycles. The van der Waals surface area contributed by atoms with E-state index in [4.69, 9.17) is 0 Å². The average molecular weight is 493 g/mol. The second-order valence-corrected chi connectivity index (χ2v) is 7.66. The first-order chi connectivity index (χ1) is 12.1. The summed E-state index contributed by atoms with van der Waals surface area (Å²) in [5, 5.41) is 7.81. The molecule has 1 fully saturated rings. The lowest BCUT2D eigenvalue weighted by atomic mass is 10.1. The number of likely N-dealkylation sites (tertiary alicyclic amines) is 1. The van der Waals surface area contributed by atoms with Crippen molar-refractivity contribution in [1.82, 2.24) is 20.5 Å². The van der Waals surface area contributed by atoms with Gasteiger partial charge in [-0.05, 0) is 33.1 Å². The number of aliphatic imine (C=N–C) groups is 1. The largest absolute Gasteiger partial charge is 0.357 e. The minimum Gasteiger partial charge on any atom is -0.357 e. The molecule has 26 heavy (non-hydrogen) atoms. The Morgan fingerprint density at radius 2 is 2.23 bits per heavy atom. The number of aromatic nitrogens is 1. The number of rotatable bonds is 9. The smallest absolute Gasteiger partial charge is 0.222 e. The van der Waals surface area contributed by atoms with Crippen LogP contribution in [0, 0.1) is 6.92 Å². The van der Waals surface area contributed by atoms with Crippen LogP contribution in [0.4, 0.5) is 0 Å². The van der Waals surface area contributed by atoms with Crippen LogP contribution in [-0.2, 0) is 11.2 Å². The highest BCUT2D eigenvalue weighted by atomic mass is 127. The maximum absolute atomic E-state index is 11.9. The molecule has 2 heterocycles. The Morgan fingerprint density at radius 3 is 2.81 bits per heavy atom. The quantitative estimate of drug-likeness (QED) is 0.315. The summed E-state index contributed by atoms with van der Waals surface area (Å²) >= 11 is 1.74. The lowest BCUT2D eigenvalue weighted by Crippen LogP contribution is -2.39. The predicted octanol–water partition coefficient (Wildman–Crippen LogP) is 2.96. The fraction of sp³-hybridized carbons (Fsp3) is 0.722. The molecular weight excluding hydrogens is 461 g/mol. The lowest BCUT2D eigenvalue weighted by Gasteiger charge is -2.26. The van der Waals surface area contributed by atoms with Crippen LogP contribution in [0.15, 0.2) is 11.2 Å². The third kappa shape index (κ3) is 7.38. The molecule has 8 heteroatoms. The summed E-state index contributed by atoms with van der Waals surface area (Å²) in [5.74, 6) is 1.15. The average Bonchev–Trinajstić information content (AvgIpc) is 3.20. The number of halogens is 1. The van der Waals surface area contributed by atoms with Gasteiger partial charge in [0, 0.05) is 56.1 Å². The van der Waals surface area contributed by atoms with Gasteiger partial charge in [0.2, 0.25) is 5.91 Å². The van der Waals surface area contributed by atoms with E-state index in [0.29, 0.717) is 18.4 Å². The van der Waals surface area contributed by atoms with Crippen molar-refractivity contribution < 1.29 is 4.79 Å². The van der Waals surface area contributed by atoms with Gasteiger partial charge in [0.25, 0.3) is 0 Å². The minimum absolute atomic E-state index is 0. The van der Waals surface area contributed by atoms with Crippen molar-refractivity contribution in [2.75, 3.05) is 26.2 Å². The van der Waals surface area contributed by atoms with Crippen molar-refractivity contribution in [3.05, 3.63) is 16.1 Å². The first-order valence-corrected chi connectivity index (χ1v) is 10.2. The normalized spacial score (nSPS) is 15.7. The molecule has 0 spiro atoms. The van der Waals surface area contributed by atoms with E-state index in [-0.39, 0.29) is 24.0 Å². The third-order valence-corrected chi connectivity index (χ3v) is 5.37. The summed E-state index contributed by atoms with van der Waals surface area (Å²) in [6.45, 7) is 9.60. The van der Waals surface area contributed by atoms with Gasteiger partial charge < -0.3 is 15.5 Å². The number of nitrogens with zero attached hydrogens (tertiary/aromatic N) is 3. The maximum atomic E-state index is 11.9. The highest BCUT2D eigenvalue weighted by molar-refractivity contribution is 14.0. The molecule has 1 aromatic heterocycles. The Kier molecular flexibility index (Phi) is 11.1. The zero-order chi connectivity index (χ0) is 18.1. The van der Waals surface area contributed by atoms with Crippen LogP contribution in [0.2, 0.25) is 0 Å². The van der Waals surface area contributed by atoms with E-state index in [2.05, 4.69) is 41.4 Å². The number of amides is 1. The predicted molar refractivity (Wildman–Crippen MR) is 120 cm³/mol. The zero-order valence-electron chi connectivity index (χ0n) is 16.1. The van der Waals surface area contributed by atoms with Gasteiger partial charge in [0.15, 0.2) is 5.96 Å². The molecule has 0 saturated carbocycles. The molecule has 148 valence electrons. The van der Waals surface area contributed by atoms with Crippen LogP contribution in [0.1, 0.15) is 49.4 Å². The Hall–Kier alpha value is -0.900. The van der Waals surface area contributed by atoms with E-state index >= 15 is 0 Å². The topological polar surface area (TPSA) is 69.6 Å². The monoisotopic (exact) mass is 493 g/mol. The summed E-state index contributed by atoms with van der Waals surface area (Å²) in [6, 6.07) is 0.319. The molecule has 0 aliphatic carbocycles. The van der Waals surface area contributed by atoms with Crippen LogP contribution >= 0.6 is 35.3 Å². The highest BCUT2D eigenvalue weighted by Gasteiger charge is 2.26. The zero-order valence-corrected chi connectivity index (χ0v) is 19.2. The number of carbonyl (C=O) groups excluding carboxylic acids is 1. The van der Waals surface area contributed by atoms with E-state index in [9.17, 15) is 4.79 Å². The lowest BCUT2D eigenvalue weighted by molar-refractivity contribution is -0.129. The van der Waals surface area contributed by atoms with Crippen molar-refractivity contribution in [3.8, 4) is 0 Å². The Labute approximate surface area is 178 Å².